The molecule has 3 rings (SSSR count). The van der Waals surface area contributed by atoms with Crippen molar-refractivity contribution in [2.24, 2.45) is 4.99 Å². The third-order valence-corrected chi connectivity index (χ3v) is 4.50. The van der Waals surface area contributed by atoms with Gasteiger partial charge in [-0.25, -0.2) is 4.39 Å². The second-order valence-corrected chi connectivity index (χ2v) is 5.76. The molecule has 1 aliphatic carbocycles. The Morgan fingerprint density at radius 3 is 3.00 bits per heavy atom. The molecule has 0 spiro atoms. The van der Waals surface area contributed by atoms with E-state index in [4.69, 9.17) is 14.8 Å². The largest absolute Gasteiger partial charge is 0.492 e. The van der Waals surface area contributed by atoms with Crippen molar-refractivity contribution in [3.63, 3.8) is 0 Å². The number of halogens is 1. The summed E-state index contributed by atoms with van der Waals surface area (Å²) >= 11 is 1.66. The maximum atomic E-state index is 13.5. The summed E-state index contributed by atoms with van der Waals surface area (Å²) in [6, 6.07) is 4.36. The first-order valence-electron chi connectivity index (χ1n) is 5.59. The zero-order valence-electron chi connectivity index (χ0n) is 9.41. The predicted octanol–water partition coefficient (Wildman–Crippen LogP) is 0.662. The Labute approximate surface area is 111 Å². The lowest BCUT2D eigenvalue weighted by molar-refractivity contribution is 0.308. The van der Waals surface area contributed by atoms with Crippen molar-refractivity contribution in [1.82, 2.24) is 0 Å². The van der Waals surface area contributed by atoms with Crippen LogP contribution >= 0.6 is 11.8 Å². The van der Waals surface area contributed by atoms with Crippen molar-refractivity contribution in [3.05, 3.63) is 24.0 Å². The summed E-state index contributed by atoms with van der Waals surface area (Å²) < 4.78 is 19.1. The molecule has 0 amide bonds. The van der Waals surface area contributed by atoms with Crippen molar-refractivity contribution in [2.45, 2.75) is 17.2 Å². The van der Waals surface area contributed by atoms with Crippen LogP contribution in [0.2, 0.25) is 0 Å². The molecule has 2 N–H and O–H groups in total. The fourth-order valence-corrected chi connectivity index (χ4v) is 3.01. The minimum Gasteiger partial charge on any atom is -0.492 e. The first-order chi connectivity index (χ1) is 8.61. The minimum atomic E-state index is -1.80. The van der Waals surface area contributed by atoms with Crippen LogP contribution in [0.5, 0.6) is 5.75 Å². The number of rotatable bonds is 4. The molecule has 2 unspecified atom stereocenters. The van der Waals surface area contributed by atoms with E-state index in [2.05, 4.69) is 4.99 Å². The zero-order chi connectivity index (χ0) is 12.8. The van der Waals surface area contributed by atoms with Crippen molar-refractivity contribution in [2.75, 3.05) is 6.61 Å². The van der Waals surface area contributed by atoms with Crippen LogP contribution in [0.1, 0.15) is 9.27 Å². The van der Waals surface area contributed by atoms with Gasteiger partial charge in [0, 0.05) is 14.4 Å². The monoisotopic (exact) mass is 271 g/mol. The molecule has 1 aromatic carbocycles. The highest BCUT2D eigenvalue weighted by atomic mass is 32.2. The van der Waals surface area contributed by atoms with Crippen molar-refractivity contribution in [3.8, 4) is 5.75 Å². The zero-order valence-corrected chi connectivity index (χ0v) is 10.2. The highest BCUT2D eigenvalue weighted by molar-refractivity contribution is 8.14. The number of nitrogens with zero attached hydrogens (tertiary/aromatic N) is 1. The molecule has 4 nitrogen and oxygen atoms in total. The van der Waals surface area contributed by atoms with Gasteiger partial charge in [-0.3, -0.25) is 4.99 Å². The van der Waals surface area contributed by atoms with Crippen LogP contribution in [0, 0.1) is 5.82 Å². The molecule has 2 aliphatic rings. The Balaban J connectivity index is 0.000001000. The summed E-state index contributed by atoms with van der Waals surface area (Å²) in [4.78, 5) is 4.27. The summed E-state index contributed by atoms with van der Waals surface area (Å²) in [7, 11) is -1.80. The van der Waals surface area contributed by atoms with E-state index in [1.165, 1.54) is 18.2 Å². The molecule has 0 bridgehead atoms. The first-order valence-corrected chi connectivity index (χ1v) is 6.46. The molecule has 0 aromatic heterocycles. The smallest absolute Gasteiger partial charge is 0.491 e. The fourth-order valence-electron chi connectivity index (χ4n) is 1.99. The highest BCUT2D eigenvalue weighted by Gasteiger charge is 2.58. The van der Waals surface area contributed by atoms with Gasteiger partial charge >= 0.3 is 7.12 Å². The summed E-state index contributed by atoms with van der Waals surface area (Å²) in [5, 5.41) is 17.8. The lowest BCUT2D eigenvalue weighted by Gasteiger charge is -2.12. The van der Waals surface area contributed by atoms with Crippen LogP contribution in [0.15, 0.2) is 23.2 Å². The predicted molar refractivity (Wildman–Crippen MR) is 73.2 cm³/mol. The minimum absolute atomic E-state index is 0. The Morgan fingerprint density at radius 2 is 2.44 bits per heavy atom. The molecule has 1 saturated carbocycles. The van der Waals surface area contributed by atoms with E-state index < -0.39 is 12.9 Å². The van der Waals surface area contributed by atoms with Gasteiger partial charge in [0.2, 0.25) is 0 Å². The SMILES string of the molecule is OB(O)c1ccc(OCC23CC2N=CS3)cc1F.[HH].[HH]. The molecule has 7 heteroatoms. The summed E-state index contributed by atoms with van der Waals surface area (Å²) in [6.45, 7) is 0.489. The molecule has 98 valence electrons. The van der Waals surface area contributed by atoms with Gasteiger partial charge in [0.15, 0.2) is 0 Å². The second kappa shape index (κ2) is 4.26. The third kappa shape index (κ3) is 2.02. The van der Waals surface area contributed by atoms with Gasteiger partial charge < -0.3 is 14.8 Å². The quantitative estimate of drug-likeness (QED) is 0.790. The second-order valence-electron chi connectivity index (χ2n) is 4.50. The average Bonchev–Trinajstić information content (AvgIpc) is 2.88. The maximum absolute atomic E-state index is 13.5. The van der Waals surface area contributed by atoms with Crippen LogP contribution in [0.4, 0.5) is 4.39 Å². The first kappa shape index (κ1) is 12.0. The molecule has 0 radical (unpaired) electrons. The summed E-state index contributed by atoms with van der Waals surface area (Å²) in [5.41, 5.74) is 1.69. The van der Waals surface area contributed by atoms with Crippen molar-refractivity contribution in [1.29, 1.82) is 0 Å². The normalized spacial score (nSPS) is 28.1. The molecule has 18 heavy (non-hydrogen) atoms. The Hall–Kier alpha value is -1.05. The van der Waals surface area contributed by atoms with E-state index in [0.717, 1.165) is 6.42 Å². The van der Waals surface area contributed by atoms with Crippen molar-refractivity contribution >= 4 is 29.9 Å². The number of hydrogen-bond acceptors (Lipinski definition) is 5. The van der Waals surface area contributed by atoms with E-state index in [0.29, 0.717) is 18.4 Å². The Kier molecular flexibility index (Phi) is 2.84. The summed E-state index contributed by atoms with van der Waals surface area (Å²) in [5.74, 6) is -0.285. The lowest BCUT2D eigenvalue weighted by atomic mass is 9.80. The number of fused-ring (bicyclic) bond motifs is 1. The maximum Gasteiger partial charge on any atom is 0.491 e. The number of ether oxygens (including phenoxy) is 1. The molecule has 1 heterocycles. The number of benzene rings is 1. The van der Waals surface area contributed by atoms with Crippen LogP contribution in [-0.2, 0) is 0 Å². The molecule has 1 aliphatic heterocycles. The van der Waals surface area contributed by atoms with E-state index in [1.54, 1.807) is 11.8 Å². The number of thioether (sulfide) groups is 1. The van der Waals surface area contributed by atoms with Crippen LogP contribution in [-0.4, -0.2) is 40.1 Å². The van der Waals surface area contributed by atoms with Gasteiger partial charge in [-0.2, -0.15) is 0 Å². The molecular formula is C11H15BFNO3S. The molecule has 2 atom stereocenters. The Bertz CT molecular complexity index is 522. The van der Waals surface area contributed by atoms with Crippen molar-refractivity contribution < 1.29 is 22.0 Å². The standard InChI is InChI=1S/C11H11BFNO3S.2H2/c13-9-3-7(1-2-8(9)12(15)16)17-5-11-4-10(11)14-6-18-11;;/h1-3,6,10,15-16H,4-5H2;2*1H. The van der Waals surface area contributed by atoms with E-state index >= 15 is 0 Å². The topological polar surface area (TPSA) is 62.0 Å². The van der Waals surface area contributed by atoms with Gasteiger partial charge in [-0.15, -0.1) is 11.8 Å². The number of hydrogen-bond donors (Lipinski definition) is 2. The van der Waals surface area contributed by atoms with Crippen LogP contribution in [0.3, 0.4) is 0 Å². The highest BCUT2D eigenvalue weighted by Crippen LogP contribution is 2.54. The third-order valence-electron chi connectivity index (χ3n) is 3.25. The average molecular weight is 271 g/mol. The van der Waals surface area contributed by atoms with Gasteiger partial charge in [0.05, 0.1) is 16.3 Å². The van der Waals surface area contributed by atoms with E-state index in [1.807, 2.05) is 5.55 Å². The van der Waals surface area contributed by atoms with Crippen LogP contribution < -0.4 is 10.2 Å². The van der Waals surface area contributed by atoms with Gasteiger partial charge in [0.25, 0.3) is 0 Å². The van der Waals surface area contributed by atoms with Gasteiger partial charge in [0.1, 0.15) is 18.2 Å². The molecule has 1 fully saturated rings. The van der Waals surface area contributed by atoms with E-state index in [-0.39, 0.29) is 13.1 Å². The Morgan fingerprint density at radius 1 is 1.61 bits per heavy atom. The lowest BCUT2D eigenvalue weighted by Crippen LogP contribution is -2.32. The van der Waals surface area contributed by atoms with E-state index in [9.17, 15) is 4.39 Å². The summed E-state index contributed by atoms with van der Waals surface area (Å²) in [6.07, 6.45) is 1.00. The van der Waals surface area contributed by atoms with Gasteiger partial charge in [-0.1, -0.05) is 6.07 Å². The molecule has 1 aromatic rings. The number of aliphatic imine (C=N–C) groups is 1. The molecule has 0 saturated heterocycles. The van der Waals surface area contributed by atoms with Gasteiger partial charge in [-0.05, 0) is 12.5 Å². The van der Waals surface area contributed by atoms with Crippen LogP contribution in [0.25, 0.3) is 0 Å². The molecular weight excluding hydrogens is 256 g/mol. The fraction of sp³-hybridized carbons (Fsp3) is 0.364.